The summed E-state index contributed by atoms with van der Waals surface area (Å²) in [5, 5.41) is 3.28. The summed E-state index contributed by atoms with van der Waals surface area (Å²) in [6, 6.07) is 16.9. The summed E-state index contributed by atoms with van der Waals surface area (Å²) >= 11 is 6.12. The number of amides is 2. The van der Waals surface area contributed by atoms with Gasteiger partial charge in [0.15, 0.2) is 5.82 Å². The van der Waals surface area contributed by atoms with Gasteiger partial charge >= 0.3 is 5.97 Å². The minimum atomic E-state index is -0.436. The number of hydrogen-bond donors (Lipinski definition) is 1. The molecule has 0 fully saturated rings. The third kappa shape index (κ3) is 5.29. The second-order valence-electron chi connectivity index (χ2n) is 7.42. The molecule has 2 heterocycles. The van der Waals surface area contributed by atoms with Crippen LogP contribution in [-0.4, -0.2) is 41.6 Å². The van der Waals surface area contributed by atoms with E-state index in [1.165, 1.54) is 4.90 Å². The summed E-state index contributed by atoms with van der Waals surface area (Å²) < 4.78 is 4.96. The Bertz CT molecular complexity index is 1270. The van der Waals surface area contributed by atoms with Gasteiger partial charge in [0.25, 0.3) is 0 Å². The van der Waals surface area contributed by atoms with Crippen molar-refractivity contribution in [2.24, 2.45) is 4.99 Å². The van der Waals surface area contributed by atoms with Gasteiger partial charge in [0, 0.05) is 16.9 Å². The van der Waals surface area contributed by atoms with Crippen molar-refractivity contribution in [1.82, 2.24) is 4.98 Å². The van der Waals surface area contributed by atoms with Crippen LogP contribution < -0.4 is 10.2 Å². The van der Waals surface area contributed by atoms with E-state index in [0.29, 0.717) is 33.5 Å². The number of carbonyl (C=O) groups is 3. The van der Waals surface area contributed by atoms with Crippen molar-refractivity contribution in [3.63, 3.8) is 0 Å². The molecule has 0 radical (unpaired) electrons. The lowest BCUT2D eigenvalue weighted by Gasteiger charge is -2.20. The van der Waals surface area contributed by atoms with E-state index in [1.54, 1.807) is 67.7 Å². The Kier molecular flexibility index (Phi) is 6.98. The first kappa shape index (κ1) is 23.1. The summed E-state index contributed by atoms with van der Waals surface area (Å²) in [5.74, 6) is -0.866. The van der Waals surface area contributed by atoms with Crippen molar-refractivity contribution in [2.75, 3.05) is 23.4 Å². The standard InChI is InChI=1S/C25H21ClN4O4/c1-2-34-25(33)16-8-10-19(11-9-16)28-22(31)15-30-23(32)14-21(17-5-3-6-18(26)13-17)29-20-7-4-12-27-24(20)30/h3-13H,2,14-15H2,1H3,(H,28,31). The van der Waals surface area contributed by atoms with Crippen LogP contribution in [0.15, 0.2) is 71.9 Å². The zero-order chi connectivity index (χ0) is 24.1. The fourth-order valence-electron chi connectivity index (χ4n) is 3.47. The molecule has 8 nitrogen and oxygen atoms in total. The van der Waals surface area contributed by atoms with Gasteiger partial charge in [0.2, 0.25) is 11.8 Å². The first-order valence-electron chi connectivity index (χ1n) is 10.6. The molecule has 9 heteroatoms. The molecule has 2 amide bonds. The second kappa shape index (κ2) is 10.3. The number of fused-ring (bicyclic) bond motifs is 1. The summed E-state index contributed by atoms with van der Waals surface area (Å²) in [7, 11) is 0. The third-order valence-corrected chi connectivity index (χ3v) is 5.27. The third-order valence-electron chi connectivity index (χ3n) is 5.04. The lowest BCUT2D eigenvalue weighted by atomic mass is 10.1. The van der Waals surface area contributed by atoms with E-state index < -0.39 is 11.9 Å². The highest BCUT2D eigenvalue weighted by molar-refractivity contribution is 6.31. The van der Waals surface area contributed by atoms with Gasteiger partial charge in [0.1, 0.15) is 12.2 Å². The summed E-state index contributed by atoms with van der Waals surface area (Å²) in [6.45, 7) is 1.76. The van der Waals surface area contributed by atoms with Gasteiger partial charge in [-0.2, -0.15) is 0 Å². The fraction of sp³-hybridized carbons (Fsp3) is 0.160. The summed E-state index contributed by atoms with van der Waals surface area (Å²) in [6.07, 6.45) is 1.53. The molecule has 1 N–H and O–H groups in total. The number of halogens is 1. The van der Waals surface area contributed by atoms with Crippen LogP contribution in [0.1, 0.15) is 29.3 Å². The van der Waals surface area contributed by atoms with Gasteiger partial charge in [-0.25, -0.2) is 14.8 Å². The van der Waals surface area contributed by atoms with E-state index in [-0.39, 0.29) is 25.5 Å². The molecule has 0 saturated carbocycles. The van der Waals surface area contributed by atoms with Crippen LogP contribution >= 0.6 is 11.6 Å². The fourth-order valence-corrected chi connectivity index (χ4v) is 3.66. The molecular formula is C25H21ClN4O4. The number of benzene rings is 2. The lowest BCUT2D eigenvalue weighted by Crippen LogP contribution is -2.39. The Morgan fingerprint density at radius 1 is 1.12 bits per heavy atom. The van der Waals surface area contributed by atoms with Gasteiger partial charge in [-0.15, -0.1) is 0 Å². The average molecular weight is 477 g/mol. The van der Waals surface area contributed by atoms with Gasteiger partial charge in [-0.1, -0.05) is 23.7 Å². The Hall–Kier alpha value is -4.04. The molecule has 0 unspecified atom stereocenters. The molecular weight excluding hydrogens is 456 g/mol. The van der Waals surface area contributed by atoms with Crippen molar-refractivity contribution >= 4 is 52.3 Å². The van der Waals surface area contributed by atoms with E-state index >= 15 is 0 Å². The molecule has 0 saturated heterocycles. The highest BCUT2D eigenvalue weighted by Crippen LogP contribution is 2.31. The smallest absolute Gasteiger partial charge is 0.338 e. The number of nitrogens with zero attached hydrogens (tertiary/aromatic N) is 3. The van der Waals surface area contributed by atoms with Gasteiger partial charge in [-0.05, 0) is 61.0 Å². The largest absolute Gasteiger partial charge is 0.462 e. The molecule has 0 aliphatic carbocycles. The number of nitrogens with one attached hydrogen (secondary N) is 1. The number of aromatic nitrogens is 1. The molecule has 172 valence electrons. The Morgan fingerprint density at radius 2 is 1.91 bits per heavy atom. The van der Waals surface area contributed by atoms with Crippen LogP contribution in [0.5, 0.6) is 0 Å². The van der Waals surface area contributed by atoms with Crippen LogP contribution in [0.25, 0.3) is 0 Å². The van der Waals surface area contributed by atoms with E-state index in [2.05, 4.69) is 15.3 Å². The number of esters is 1. The highest BCUT2D eigenvalue weighted by Gasteiger charge is 2.27. The number of hydrogen-bond acceptors (Lipinski definition) is 6. The Labute approximate surface area is 201 Å². The van der Waals surface area contributed by atoms with E-state index in [9.17, 15) is 14.4 Å². The minimum Gasteiger partial charge on any atom is -0.462 e. The number of anilines is 2. The topological polar surface area (TPSA) is 101 Å². The van der Waals surface area contributed by atoms with Gasteiger partial charge in [0.05, 0.1) is 24.3 Å². The molecule has 1 aliphatic rings. The Balaban J connectivity index is 1.52. The first-order chi connectivity index (χ1) is 16.4. The molecule has 0 spiro atoms. The monoisotopic (exact) mass is 476 g/mol. The van der Waals surface area contributed by atoms with E-state index in [1.807, 2.05) is 6.07 Å². The van der Waals surface area contributed by atoms with Crippen LogP contribution in [0.2, 0.25) is 5.02 Å². The zero-order valence-corrected chi connectivity index (χ0v) is 19.1. The number of rotatable bonds is 6. The van der Waals surface area contributed by atoms with Gasteiger partial charge < -0.3 is 10.1 Å². The molecule has 2 aromatic carbocycles. The second-order valence-corrected chi connectivity index (χ2v) is 7.85. The first-order valence-corrected chi connectivity index (χ1v) is 11.0. The average Bonchev–Trinajstić information content (AvgIpc) is 2.96. The van der Waals surface area contributed by atoms with Crippen LogP contribution in [0.4, 0.5) is 17.2 Å². The molecule has 4 rings (SSSR count). The minimum absolute atomic E-state index is 0.0157. The van der Waals surface area contributed by atoms with Crippen molar-refractivity contribution in [1.29, 1.82) is 0 Å². The lowest BCUT2D eigenvalue weighted by molar-refractivity contribution is -0.120. The SMILES string of the molecule is CCOC(=O)c1ccc(NC(=O)CN2C(=O)CC(c3cccc(Cl)c3)=Nc3cccnc32)cc1. The summed E-state index contributed by atoms with van der Waals surface area (Å²) in [5.41, 5.74) is 2.61. The van der Waals surface area contributed by atoms with Gasteiger partial charge in [-0.3, -0.25) is 14.5 Å². The quantitative estimate of drug-likeness (QED) is 0.531. The molecule has 3 aromatic rings. The zero-order valence-electron chi connectivity index (χ0n) is 18.3. The van der Waals surface area contributed by atoms with E-state index in [4.69, 9.17) is 16.3 Å². The number of aliphatic imine (C=N–C) groups is 1. The van der Waals surface area contributed by atoms with Crippen LogP contribution in [0.3, 0.4) is 0 Å². The normalized spacial score (nSPS) is 12.9. The maximum absolute atomic E-state index is 13.2. The van der Waals surface area contributed by atoms with Crippen LogP contribution in [0, 0.1) is 0 Å². The van der Waals surface area contributed by atoms with Crippen molar-refractivity contribution in [3.05, 3.63) is 83.0 Å². The van der Waals surface area contributed by atoms with Crippen molar-refractivity contribution in [3.8, 4) is 0 Å². The molecule has 1 aliphatic heterocycles. The Morgan fingerprint density at radius 3 is 2.65 bits per heavy atom. The number of pyridine rings is 1. The van der Waals surface area contributed by atoms with Crippen molar-refractivity contribution in [2.45, 2.75) is 13.3 Å². The maximum atomic E-state index is 13.2. The predicted octanol–water partition coefficient (Wildman–Crippen LogP) is 4.41. The number of carbonyl (C=O) groups excluding carboxylic acids is 3. The van der Waals surface area contributed by atoms with E-state index in [0.717, 1.165) is 5.56 Å². The predicted molar refractivity (Wildman–Crippen MR) is 130 cm³/mol. The maximum Gasteiger partial charge on any atom is 0.338 e. The highest BCUT2D eigenvalue weighted by atomic mass is 35.5. The van der Waals surface area contributed by atoms with Crippen LogP contribution in [-0.2, 0) is 14.3 Å². The molecule has 34 heavy (non-hydrogen) atoms. The summed E-state index contributed by atoms with van der Waals surface area (Å²) in [4.78, 5) is 48.0. The molecule has 0 atom stereocenters. The number of ether oxygens (including phenoxy) is 1. The van der Waals surface area contributed by atoms with Crippen molar-refractivity contribution < 1.29 is 19.1 Å². The molecule has 0 bridgehead atoms. The molecule has 1 aromatic heterocycles.